The van der Waals surface area contributed by atoms with E-state index in [-0.39, 0.29) is 18.2 Å². The molecule has 1 aliphatic rings. The van der Waals surface area contributed by atoms with E-state index >= 15 is 0 Å². The second-order valence-corrected chi connectivity index (χ2v) is 4.40. The van der Waals surface area contributed by atoms with E-state index in [1.165, 1.54) is 0 Å². The van der Waals surface area contributed by atoms with Crippen LogP contribution in [-0.2, 0) is 14.3 Å². The lowest BCUT2D eigenvalue weighted by atomic mass is 9.73. The van der Waals surface area contributed by atoms with Crippen LogP contribution in [0.1, 0.15) is 40.0 Å². The lowest BCUT2D eigenvalue weighted by Gasteiger charge is -2.29. The smallest absolute Gasteiger partial charge is 0.306 e. The number of hydrogen-bond donors (Lipinski definition) is 0. The van der Waals surface area contributed by atoms with E-state index in [2.05, 4.69) is 0 Å². The summed E-state index contributed by atoms with van der Waals surface area (Å²) in [6, 6.07) is 0. The summed E-state index contributed by atoms with van der Waals surface area (Å²) in [7, 11) is 0. The number of hydrogen-bond acceptors (Lipinski definition) is 3. The third-order valence-corrected chi connectivity index (χ3v) is 2.88. The molecule has 1 rings (SSSR count). The minimum Gasteiger partial charge on any atom is -0.466 e. The fourth-order valence-electron chi connectivity index (χ4n) is 1.77. The van der Waals surface area contributed by atoms with Gasteiger partial charge in [0.05, 0.1) is 13.0 Å². The van der Waals surface area contributed by atoms with Gasteiger partial charge in [0.25, 0.3) is 0 Å². The molecule has 1 atom stereocenters. The number of esters is 1. The van der Waals surface area contributed by atoms with Gasteiger partial charge in [-0.05, 0) is 32.8 Å². The first kappa shape index (κ1) is 12.0. The van der Waals surface area contributed by atoms with Crippen molar-refractivity contribution in [2.75, 3.05) is 6.61 Å². The van der Waals surface area contributed by atoms with Crippen molar-refractivity contribution in [1.29, 1.82) is 0 Å². The van der Waals surface area contributed by atoms with Crippen LogP contribution in [0, 0.1) is 5.41 Å². The Balaban J connectivity index is 2.68. The van der Waals surface area contributed by atoms with Crippen LogP contribution in [0.5, 0.6) is 0 Å². The molecule has 0 radical (unpaired) electrons. The van der Waals surface area contributed by atoms with E-state index in [0.29, 0.717) is 6.61 Å². The molecular weight excluding hydrogens is 192 g/mol. The third-order valence-electron chi connectivity index (χ3n) is 2.88. The van der Waals surface area contributed by atoms with Crippen LogP contribution in [0.4, 0.5) is 0 Å². The Morgan fingerprint density at radius 2 is 2.27 bits per heavy atom. The standard InChI is InChI=1S/C12H18O3/c1-4-15-11(14)8-12(3)6-5-9(2)7-10(12)13/h7H,4-6,8H2,1-3H3. The van der Waals surface area contributed by atoms with Gasteiger partial charge < -0.3 is 4.74 Å². The van der Waals surface area contributed by atoms with Crippen LogP contribution in [0.15, 0.2) is 11.6 Å². The van der Waals surface area contributed by atoms with E-state index in [1.54, 1.807) is 13.0 Å². The predicted molar refractivity (Wildman–Crippen MR) is 57.4 cm³/mol. The number of ketones is 1. The zero-order chi connectivity index (χ0) is 11.5. The number of allylic oxidation sites excluding steroid dienone is 2. The first-order valence-electron chi connectivity index (χ1n) is 5.35. The fourth-order valence-corrected chi connectivity index (χ4v) is 1.77. The average molecular weight is 210 g/mol. The molecule has 0 spiro atoms. The minimum absolute atomic E-state index is 0.0549. The molecule has 0 amide bonds. The first-order valence-corrected chi connectivity index (χ1v) is 5.35. The topological polar surface area (TPSA) is 43.4 Å². The average Bonchev–Trinajstić information content (AvgIpc) is 2.13. The Morgan fingerprint density at radius 3 is 2.80 bits per heavy atom. The van der Waals surface area contributed by atoms with E-state index in [9.17, 15) is 9.59 Å². The lowest BCUT2D eigenvalue weighted by Crippen LogP contribution is -2.32. The van der Waals surface area contributed by atoms with Gasteiger partial charge in [-0.2, -0.15) is 0 Å². The Labute approximate surface area is 90.5 Å². The van der Waals surface area contributed by atoms with Crippen molar-refractivity contribution in [1.82, 2.24) is 0 Å². The summed E-state index contributed by atoms with van der Waals surface area (Å²) in [6.07, 6.45) is 3.49. The molecule has 0 fully saturated rings. The Kier molecular flexibility index (Phi) is 3.66. The largest absolute Gasteiger partial charge is 0.466 e. The zero-order valence-corrected chi connectivity index (χ0v) is 9.63. The Morgan fingerprint density at radius 1 is 1.60 bits per heavy atom. The van der Waals surface area contributed by atoms with Gasteiger partial charge >= 0.3 is 5.97 Å². The molecule has 0 heterocycles. The quantitative estimate of drug-likeness (QED) is 0.671. The van der Waals surface area contributed by atoms with Crippen LogP contribution >= 0.6 is 0 Å². The summed E-state index contributed by atoms with van der Waals surface area (Å²) >= 11 is 0. The Hall–Kier alpha value is -1.12. The fraction of sp³-hybridized carbons (Fsp3) is 0.667. The molecule has 0 aromatic heterocycles. The number of carbonyl (C=O) groups excluding carboxylic acids is 2. The van der Waals surface area contributed by atoms with E-state index in [0.717, 1.165) is 18.4 Å². The first-order chi connectivity index (χ1) is 6.98. The van der Waals surface area contributed by atoms with Crippen molar-refractivity contribution in [3.05, 3.63) is 11.6 Å². The summed E-state index contributed by atoms with van der Waals surface area (Å²) in [6.45, 7) is 5.93. The van der Waals surface area contributed by atoms with Crippen LogP contribution in [0.25, 0.3) is 0 Å². The van der Waals surface area contributed by atoms with Gasteiger partial charge in [0.15, 0.2) is 5.78 Å². The zero-order valence-electron chi connectivity index (χ0n) is 9.63. The highest BCUT2D eigenvalue weighted by molar-refractivity contribution is 5.98. The molecule has 84 valence electrons. The second kappa shape index (κ2) is 4.60. The molecular formula is C12H18O3. The summed E-state index contributed by atoms with van der Waals surface area (Å²) < 4.78 is 4.87. The molecule has 3 nitrogen and oxygen atoms in total. The van der Waals surface area contributed by atoms with E-state index < -0.39 is 5.41 Å². The molecule has 0 aliphatic heterocycles. The highest BCUT2D eigenvalue weighted by Crippen LogP contribution is 2.35. The maximum Gasteiger partial charge on any atom is 0.306 e. The Bertz CT molecular complexity index is 304. The van der Waals surface area contributed by atoms with Crippen LogP contribution in [0.3, 0.4) is 0 Å². The molecule has 0 N–H and O–H groups in total. The van der Waals surface area contributed by atoms with Crippen molar-refractivity contribution < 1.29 is 14.3 Å². The number of rotatable bonds is 3. The predicted octanol–water partition coefficient (Wildman–Crippen LogP) is 2.26. The molecule has 0 aromatic rings. The number of carbonyl (C=O) groups is 2. The van der Waals surface area contributed by atoms with Crippen LogP contribution in [0.2, 0.25) is 0 Å². The highest BCUT2D eigenvalue weighted by atomic mass is 16.5. The van der Waals surface area contributed by atoms with Gasteiger partial charge in [-0.1, -0.05) is 12.5 Å². The monoisotopic (exact) mass is 210 g/mol. The lowest BCUT2D eigenvalue weighted by molar-refractivity contribution is -0.148. The molecule has 0 bridgehead atoms. The minimum atomic E-state index is -0.550. The molecule has 0 aromatic carbocycles. The van der Waals surface area contributed by atoms with Gasteiger partial charge in [0.2, 0.25) is 0 Å². The SMILES string of the molecule is CCOC(=O)CC1(C)CCC(C)=CC1=O. The van der Waals surface area contributed by atoms with Crippen molar-refractivity contribution >= 4 is 11.8 Å². The molecule has 1 aliphatic carbocycles. The van der Waals surface area contributed by atoms with Crippen molar-refractivity contribution in [3.8, 4) is 0 Å². The second-order valence-electron chi connectivity index (χ2n) is 4.40. The summed E-state index contributed by atoms with van der Waals surface area (Å²) in [5.41, 5.74) is 0.549. The maximum atomic E-state index is 11.8. The summed E-state index contributed by atoms with van der Waals surface area (Å²) in [5.74, 6) is -0.222. The van der Waals surface area contributed by atoms with Crippen molar-refractivity contribution in [2.45, 2.75) is 40.0 Å². The third kappa shape index (κ3) is 2.91. The normalized spacial score (nSPS) is 26.1. The molecule has 3 heteroatoms. The summed E-state index contributed by atoms with van der Waals surface area (Å²) in [4.78, 5) is 23.1. The van der Waals surface area contributed by atoms with E-state index in [4.69, 9.17) is 4.74 Å². The van der Waals surface area contributed by atoms with Crippen LogP contribution < -0.4 is 0 Å². The summed E-state index contributed by atoms with van der Waals surface area (Å²) in [5, 5.41) is 0. The van der Waals surface area contributed by atoms with Gasteiger partial charge in [-0.25, -0.2) is 0 Å². The van der Waals surface area contributed by atoms with Crippen LogP contribution in [-0.4, -0.2) is 18.4 Å². The van der Waals surface area contributed by atoms with Gasteiger partial charge in [0.1, 0.15) is 0 Å². The van der Waals surface area contributed by atoms with Gasteiger partial charge in [-0.3, -0.25) is 9.59 Å². The molecule has 0 saturated heterocycles. The molecule has 1 unspecified atom stereocenters. The van der Waals surface area contributed by atoms with Gasteiger partial charge in [0, 0.05) is 5.41 Å². The number of ether oxygens (including phenoxy) is 1. The van der Waals surface area contributed by atoms with Gasteiger partial charge in [-0.15, -0.1) is 0 Å². The van der Waals surface area contributed by atoms with E-state index in [1.807, 2.05) is 13.8 Å². The maximum absolute atomic E-state index is 11.8. The highest BCUT2D eigenvalue weighted by Gasteiger charge is 2.36. The van der Waals surface area contributed by atoms with Crippen molar-refractivity contribution in [3.63, 3.8) is 0 Å². The molecule has 0 saturated carbocycles. The van der Waals surface area contributed by atoms with Crippen molar-refractivity contribution in [2.24, 2.45) is 5.41 Å². The molecule has 15 heavy (non-hydrogen) atoms.